The number of carbonyl (C=O) groups is 2. The van der Waals surface area contributed by atoms with Crippen molar-refractivity contribution in [2.24, 2.45) is 0 Å². The van der Waals surface area contributed by atoms with Gasteiger partial charge in [0.25, 0.3) is 5.91 Å². The van der Waals surface area contributed by atoms with Crippen LogP contribution in [0, 0.1) is 6.92 Å². The van der Waals surface area contributed by atoms with Crippen molar-refractivity contribution in [2.75, 3.05) is 11.9 Å². The maximum atomic E-state index is 12.0. The summed E-state index contributed by atoms with van der Waals surface area (Å²) in [6.45, 7) is 1.48. The summed E-state index contributed by atoms with van der Waals surface area (Å²) < 4.78 is 5.58. The molecule has 2 aromatic heterocycles. The van der Waals surface area contributed by atoms with Crippen molar-refractivity contribution >= 4 is 55.9 Å². The number of benzene rings is 1. The zero-order chi connectivity index (χ0) is 17.3. The largest absolute Gasteiger partial charge is 0.451 e. The molecule has 0 aliphatic heterocycles. The molecule has 7 nitrogen and oxygen atoms in total. The standard InChI is InChI=1S/C15H12BrN3O4S/c1-7-2-3-12(24-7)14(21)23-6-13(20)17-9-5-11-10(4-8(9)16)18-15(22)19-11/h2-5H,6H2,1H3,(H,17,20)(H2,18,19,22). The Labute approximate surface area is 148 Å². The van der Waals surface area contributed by atoms with E-state index in [9.17, 15) is 14.4 Å². The number of anilines is 1. The Morgan fingerprint density at radius 3 is 2.62 bits per heavy atom. The van der Waals surface area contributed by atoms with Gasteiger partial charge in [-0.2, -0.15) is 0 Å². The number of imidazole rings is 1. The second-order valence-electron chi connectivity index (χ2n) is 4.99. The highest BCUT2D eigenvalue weighted by Crippen LogP contribution is 2.26. The van der Waals surface area contributed by atoms with Crippen molar-refractivity contribution in [1.29, 1.82) is 0 Å². The quantitative estimate of drug-likeness (QED) is 0.576. The monoisotopic (exact) mass is 409 g/mol. The highest BCUT2D eigenvalue weighted by atomic mass is 79.9. The molecule has 0 saturated carbocycles. The van der Waals surface area contributed by atoms with Crippen LogP contribution >= 0.6 is 27.3 Å². The Hall–Kier alpha value is -2.39. The van der Waals surface area contributed by atoms with Gasteiger partial charge in [-0.1, -0.05) is 0 Å². The van der Waals surface area contributed by atoms with Gasteiger partial charge in [0.15, 0.2) is 6.61 Å². The fourth-order valence-corrected chi connectivity index (χ4v) is 3.29. The molecule has 0 saturated heterocycles. The number of aryl methyl sites for hydroxylation is 1. The number of fused-ring (bicyclic) bond motifs is 1. The number of ether oxygens (including phenoxy) is 1. The summed E-state index contributed by atoms with van der Waals surface area (Å²) in [4.78, 5) is 41.7. The van der Waals surface area contributed by atoms with Gasteiger partial charge < -0.3 is 20.0 Å². The number of halogens is 1. The van der Waals surface area contributed by atoms with E-state index in [1.54, 1.807) is 18.2 Å². The van der Waals surface area contributed by atoms with Crippen molar-refractivity contribution in [3.63, 3.8) is 0 Å². The third kappa shape index (κ3) is 3.57. The number of carbonyl (C=O) groups excluding carboxylic acids is 2. The number of aromatic amines is 2. The van der Waals surface area contributed by atoms with Crippen LogP contribution in [-0.2, 0) is 9.53 Å². The molecular weight excluding hydrogens is 398 g/mol. The Morgan fingerprint density at radius 2 is 1.96 bits per heavy atom. The third-order valence-electron chi connectivity index (χ3n) is 3.15. The average Bonchev–Trinajstić information content (AvgIpc) is 3.10. The van der Waals surface area contributed by atoms with Crippen LogP contribution in [0.25, 0.3) is 11.0 Å². The molecule has 1 amide bonds. The summed E-state index contributed by atoms with van der Waals surface area (Å²) in [6, 6.07) is 6.75. The van der Waals surface area contributed by atoms with Gasteiger partial charge in [0.05, 0.1) is 16.7 Å². The van der Waals surface area contributed by atoms with Gasteiger partial charge in [-0.3, -0.25) is 4.79 Å². The molecule has 0 fully saturated rings. The summed E-state index contributed by atoms with van der Waals surface area (Å²) in [6.07, 6.45) is 0. The number of hydrogen-bond donors (Lipinski definition) is 3. The lowest BCUT2D eigenvalue weighted by Crippen LogP contribution is -2.20. The fourth-order valence-electron chi connectivity index (χ4n) is 2.08. The zero-order valence-corrected chi connectivity index (χ0v) is 14.8. The number of thiophene rings is 1. The minimum absolute atomic E-state index is 0.333. The first-order chi connectivity index (χ1) is 11.4. The second kappa shape index (κ2) is 6.62. The molecule has 0 radical (unpaired) electrons. The van der Waals surface area contributed by atoms with Gasteiger partial charge >= 0.3 is 11.7 Å². The van der Waals surface area contributed by atoms with Gasteiger partial charge in [0, 0.05) is 9.35 Å². The van der Waals surface area contributed by atoms with Crippen LogP contribution in [0.5, 0.6) is 0 Å². The predicted molar refractivity (Wildman–Crippen MR) is 94.6 cm³/mol. The van der Waals surface area contributed by atoms with Crippen LogP contribution in [-0.4, -0.2) is 28.5 Å². The number of esters is 1. The molecule has 0 bridgehead atoms. The van der Waals surface area contributed by atoms with Crippen molar-refractivity contribution in [3.8, 4) is 0 Å². The fraction of sp³-hybridized carbons (Fsp3) is 0.133. The molecule has 3 rings (SSSR count). The van der Waals surface area contributed by atoms with Gasteiger partial charge in [-0.05, 0) is 47.1 Å². The molecule has 0 spiro atoms. The molecule has 3 N–H and O–H groups in total. The molecule has 3 aromatic rings. The van der Waals surface area contributed by atoms with Gasteiger partial charge in [0.1, 0.15) is 4.88 Å². The summed E-state index contributed by atoms with van der Waals surface area (Å²) in [5.74, 6) is -1.01. The molecule has 24 heavy (non-hydrogen) atoms. The van der Waals surface area contributed by atoms with Gasteiger partial charge in [-0.15, -0.1) is 11.3 Å². The number of nitrogens with one attached hydrogen (secondary N) is 3. The van der Waals surface area contributed by atoms with Crippen LogP contribution in [0.3, 0.4) is 0 Å². The summed E-state index contributed by atoms with van der Waals surface area (Å²) in [5, 5.41) is 2.63. The molecule has 2 heterocycles. The summed E-state index contributed by atoms with van der Waals surface area (Å²) in [5.41, 5.74) is 1.31. The predicted octanol–water partition coefficient (Wildman–Crippen LogP) is 2.78. The normalized spacial score (nSPS) is 10.8. The van der Waals surface area contributed by atoms with Crippen LogP contribution in [0.15, 0.2) is 33.5 Å². The summed E-state index contributed by atoms with van der Waals surface area (Å²) >= 11 is 4.62. The van der Waals surface area contributed by atoms with Crippen LogP contribution < -0.4 is 11.0 Å². The first-order valence-electron chi connectivity index (χ1n) is 6.87. The van der Waals surface area contributed by atoms with E-state index in [2.05, 4.69) is 31.2 Å². The van der Waals surface area contributed by atoms with E-state index in [1.165, 1.54) is 11.3 Å². The van der Waals surface area contributed by atoms with Crippen LogP contribution in [0.2, 0.25) is 0 Å². The third-order valence-corrected chi connectivity index (χ3v) is 4.79. The second-order valence-corrected chi connectivity index (χ2v) is 7.13. The molecule has 0 aliphatic carbocycles. The Kier molecular flexibility index (Phi) is 4.54. The van der Waals surface area contributed by atoms with Gasteiger partial charge in [0.2, 0.25) is 0 Å². The van der Waals surface area contributed by atoms with E-state index in [0.717, 1.165) is 4.88 Å². The lowest BCUT2D eigenvalue weighted by molar-refractivity contribution is -0.119. The Balaban J connectivity index is 1.65. The van der Waals surface area contributed by atoms with E-state index < -0.39 is 18.5 Å². The molecule has 0 atom stereocenters. The number of hydrogen-bond acceptors (Lipinski definition) is 5. The molecular formula is C15H12BrN3O4S. The molecule has 9 heteroatoms. The maximum Gasteiger partial charge on any atom is 0.348 e. The number of aromatic nitrogens is 2. The van der Waals surface area contributed by atoms with E-state index >= 15 is 0 Å². The molecule has 124 valence electrons. The summed E-state index contributed by atoms with van der Waals surface area (Å²) in [7, 11) is 0. The minimum atomic E-state index is -0.535. The lowest BCUT2D eigenvalue weighted by atomic mass is 10.2. The molecule has 1 aromatic carbocycles. The average molecular weight is 410 g/mol. The number of H-pyrrole nitrogens is 2. The van der Waals surface area contributed by atoms with Gasteiger partial charge in [-0.25, -0.2) is 9.59 Å². The maximum absolute atomic E-state index is 12.0. The van der Waals surface area contributed by atoms with Crippen LogP contribution in [0.4, 0.5) is 5.69 Å². The van der Waals surface area contributed by atoms with Crippen molar-refractivity contribution < 1.29 is 14.3 Å². The topological polar surface area (TPSA) is 104 Å². The number of amides is 1. The van der Waals surface area contributed by atoms with Crippen molar-refractivity contribution in [2.45, 2.75) is 6.92 Å². The lowest BCUT2D eigenvalue weighted by Gasteiger charge is -2.08. The first kappa shape index (κ1) is 16.5. The molecule has 0 unspecified atom stereocenters. The Morgan fingerprint density at radius 1 is 1.25 bits per heavy atom. The van der Waals surface area contributed by atoms with Crippen molar-refractivity contribution in [3.05, 3.63) is 49.0 Å². The molecule has 0 aliphatic rings. The number of rotatable bonds is 4. The highest BCUT2D eigenvalue weighted by molar-refractivity contribution is 9.10. The van der Waals surface area contributed by atoms with Crippen LogP contribution in [0.1, 0.15) is 14.5 Å². The minimum Gasteiger partial charge on any atom is -0.451 e. The van der Waals surface area contributed by atoms with E-state index in [4.69, 9.17) is 4.74 Å². The smallest absolute Gasteiger partial charge is 0.348 e. The van der Waals surface area contributed by atoms with Crippen molar-refractivity contribution in [1.82, 2.24) is 9.97 Å². The van der Waals surface area contributed by atoms with E-state index in [1.807, 2.05) is 13.0 Å². The SMILES string of the molecule is Cc1ccc(C(=O)OCC(=O)Nc2cc3[nH]c(=O)[nH]c3cc2Br)s1. The Bertz CT molecular complexity index is 988. The first-order valence-corrected chi connectivity index (χ1v) is 8.48. The van der Waals surface area contributed by atoms with E-state index in [-0.39, 0.29) is 5.69 Å². The van der Waals surface area contributed by atoms with E-state index in [0.29, 0.717) is 26.1 Å². The highest BCUT2D eigenvalue weighted by Gasteiger charge is 2.13. The zero-order valence-electron chi connectivity index (χ0n) is 12.4.